The lowest BCUT2D eigenvalue weighted by atomic mass is 9.84. The zero-order valence-corrected chi connectivity index (χ0v) is 29.2. The van der Waals surface area contributed by atoms with Crippen molar-refractivity contribution in [2.24, 2.45) is 0 Å². The molecule has 2 heteroatoms. The molecule has 8 aromatic rings. The highest BCUT2D eigenvalue weighted by Gasteiger charge is 2.20. The van der Waals surface area contributed by atoms with Gasteiger partial charge in [0.1, 0.15) is 0 Å². The number of nitrogens with zero attached hydrogens (tertiary/aromatic N) is 2. The first kappa shape index (κ1) is 31.6. The first-order valence-corrected chi connectivity index (χ1v) is 18.4. The third-order valence-corrected chi connectivity index (χ3v) is 10.5. The zero-order valence-electron chi connectivity index (χ0n) is 29.2. The quantitative estimate of drug-likeness (QED) is 0.159. The van der Waals surface area contributed by atoms with Crippen LogP contribution in [0.15, 0.2) is 194 Å². The lowest BCUT2D eigenvalue weighted by molar-refractivity contribution is 0.753. The predicted octanol–water partition coefficient (Wildman–Crippen LogP) is 14.4. The van der Waals surface area contributed by atoms with E-state index in [9.17, 15) is 0 Å². The van der Waals surface area contributed by atoms with Crippen molar-refractivity contribution >= 4 is 66.8 Å². The van der Waals surface area contributed by atoms with E-state index in [1.165, 1.54) is 68.0 Å². The first-order valence-electron chi connectivity index (χ1n) is 18.4. The third-order valence-electron chi connectivity index (χ3n) is 10.5. The van der Waals surface area contributed by atoms with E-state index in [1.54, 1.807) is 0 Å². The molecular weight excluding hydrogens is 629 g/mol. The van der Waals surface area contributed by atoms with Gasteiger partial charge in [0.2, 0.25) is 0 Å². The third kappa shape index (κ3) is 6.03. The van der Waals surface area contributed by atoms with E-state index in [0.717, 1.165) is 35.6 Å². The molecule has 0 bridgehead atoms. The van der Waals surface area contributed by atoms with Crippen molar-refractivity contribution < 1.29 is 0 Å². The number of anilines is 6. The normalized spacial score (nSPS) is 13.0. The van der Waals surface area contributed by atoms with E-state index in [-0.39, 0.29) is 0 Å². The second-order valence-electron chi connectivity index (χ2n) is 13.6. The molecule has 0 amide bonds. The number of benzene rings is 8. The van der Waals surface area contributed by atoms with Gasteiger partial charge in [0.15, 0.2) is 0 Å². The van der Waals surface area contributed by atoms with Crippen molar-refractivity contribution in [1.82, 2.24) is 0 Å². The average Bonchev–Trinajstić information content (AvgIpc) is 3.23. The molecule has 0 unspecified atom stereocenters. The number of rotatable bonds is 8. The summed E-state index contributed by atoms with van der Waals surface area (Å²) in [5.41, 5.74) is 12.5. The van der Waals surface area contributed by atoms with Gasteiger partial charge in [-0.2, -0.15) is 0 Å². The van der Waals surface area contributed by atoms with Gasteiger partial charge in [0.05, 0.1) is 11.4 Å². The van der Waals surface area contributed by atoms with E-state index >= 15 is 0 Å². The standard InChI is InChI=1S/C50H40N2/c1-3-19-41(20-4-1)51(49-27-13-17-37-15-7-9-25-47(37)49)43-33-29-39(30-34-43)45-23-11-12-24-46(45)40-31-35-44(36-32-40)52(42-21-5-2-6-22-42)50-28-14-18-38-16-8-10-26-48(38)50/h1-10,13-22,25-36H,11-12,23-24H2. The average molecular weight is 669 g/mol. The van der Waals surface area contributed by atoms with Crippen LogP contribution in [0.4, 0.5) is 34.1 Å². The van der Waals surface area contributed by atoms with Crippen molar-refractivity contribution in [1.29, 1.82) is 0 Å². The Balaban J connectivity index is 1.08. The van der Waals surface area contributed by atoms with Crippen LogP contribution in [0.25, 0.3) is 32.7 Å². The molecule has 0 radical (unpaired) electrons. The molecule has 0 heterocycles. The molecule has 9 rings (SSSR count). The van der Waals surface area contributed by atoms with Gasteiger partial charge in [0, 0.05) is 33.5 Å². The lowest BCUT2D eigenvalue weighted by Crippen LogP contribution is -2.10. The van der Waals surface area contributed by atoms with Crippen LogP contribution in [0.1, 0.15) is 36.8 Å². The molecule has 0 saturated carbocycles. The van der Waals surface area contributed by atoms with Crippen molar-refractivity contribution in [3.63, 3.8) is 0 Å². The molecule has 8 aromatic carbocycles. The summed E-state index contributed by atoms with van der Waals surface area (Å²) in [6.07, 6.45) is 4.62. The molecule has 0 aliphatic heterocycles. The number of para-hydroxylation sites is 2. The van der Waals surface area contributed by atoms with Crippen LogP contribution in [0.2, 0.25) is 0 Å². The maximum Gasteiger partial charge on any atom is 0.0540 e. The Morgan fingerprint density at radius 3 is 1.06 bits per heavy atom. The van der Waals surface area contributed by atoms with Crippen LogP contribution >= 0.6 is 0 Å². The van der Waals surface area contributed by atoms with Crippen LogP contribution in [0.5, 0.6) is 0 Å². The molecule has 1 aliphatic rings. The maximum atomic E-state index is 2.38. The summed E-state index contributed by atoms with van der Waals surface area (Å²) in [6, 6.07) is 70.4. The van der Waals surface area contributed by atoms with Gasteiger partial charge in [-0.25, -0.2) is 0 Å². The van der Waals surface area contributed by atoms with Gasteiger partial charge in [-0.1, -0.05) is 133 Å². The largest absolute Gasteiger partial charge is 0.310 e. The van der Waals surface area contributed by atoms with Crippen molar-refractivity contribution in [3.8, 4) is 0 Å². The molecule has 52 heavy (non-hydrogen) atoms. The highest BCUT2D eigenvalue weighted by Crippen LogP contribution is 2.43. The molecule has 2 nitrogen and oxygen atoms in total. The van der Waals surface area contributed by atoms with Gasteiger partial charge in [-0.05, 0) is 119 Å². The summed E-state index contributed by atoms with van der Waals surface area (Å²) in [6.45, 7) is 0. The van der Waals surface area contributed by atoms with Crippen LogP contribution < -0.4 is 9.80 Å². The molecule has 0 spiro atoms. The monoisotopic (exact) mass is 668 g/mol. The molecule has 0 N–H and O–H groups in total. The number of allylic oxidation sites excluding steroid dienone is 2. The van der Waals surface area contributed by atoms with Crippen LogP contribution in [0.3, 0.4) is 0 Å². The number of hydrogen-bond acceptors (Lipinski definition) is 2. The topological polar surface area (TPSA) is 6.48 Å². The summed E-state index contributed by atoms with van der Waals surface area (Å²) in [5.74, 6) is 0. The van der Waals surface area contributed by atoms with E-state index in [1.807, 2.05) is 0 Å². The molecule has 250 valence electrons. The second-order valence-corrected chi connectivity index (χ2v) is 13.6. The molecule has 0 saturated heterocycles. The van der Waals surface area contributed by atoms with E-state index in [0.29, 0.717) is 0 Å². The number of hydrogen-bond donors (Lipinski definition) is 0. The van der Waals surface area contributed by atoms with Crippen molar-refractivity contribution in [2.75, 3.05) is 9.80 Å². The fourth-order valence-electron chi connectivity index (χ4n) is 7.98. The SMILES string of the molecule is c1ccc(N(c2ccc(C3=C(c4ccc(N(c5ccccc5)c5cccc6ccccc56)cc4)CCCC3)cc2)c2cccc3ccccc23)cc1. The second kappa shape index (κ2) is 14.1. The van der Waals surface area contributed by atoms with Gasteiger partial charge < -0.3 is 9.80 Å². The minimum Gasteiger partial charge on any atom is -0.310 e. The Morgan fingerprint density at radius 1 is 0.288 bits per heavy atom. The van der Waals surface area contributed by atoms with Crippen LogP contribution in [-0.4, -0.2) is 0 Å². The summed E-state index contributed by atoms with van der Waals surface area (Å²) >= 11 is 0. The Bertz CT molecular complexity index is 2310. The molecule has 1 aliphatic carbocycles. The zero-order chi connectivity index (χ0) is 34.7. The minimum absolute atomic E-state index is 1.09. The van der Waals surface area contributed by atoms with Crippen LogP contribution in [-0.2, 0) is 0 Å². The van der Waals surface area contributed by atoms with E-state index in [2.05, 4.69) is 204 Å². The van der Waals surface area contributed by atoms with Gasteiger partial charge in [-0.3, -0.25) is 0 Å². The highest BCUT2D eigenvalue weighted by atomic mass is 15.1. The Labute approximate surface area is 306 Å². The molecule has 0 atom stereocenters. The highest BCUT2D eigenvalue weighted by molar-refractivity contribution is 6.00. The van der Waals surface area contributed by atoms with Crippen molar-refractivity contribution in [3.05, 3.63) is 205 Å². The fraction of sp³-hybridized carbons (Fsp3) is 0.0800. The Hall–Kier alpha value is -6.38. The van der Waals surface area contributed by atoms with E-state index < -0.39 is 0 Å². The van der Waals surface area contributed by atoms with Crippen molar-refractivity contribution in [2.45, 2.75) is 25.7 Å². The van der Waals surface area contributed by atoms with Gasteiger partial charge in [-0.15, -0.1) is 0 Å². The summed E-state index contributed by atoms with van der Waals surface area (Å²) in [4.78, 5) is 4.77. The minimum atomic E-state index is 1.09. The summed E-state index contributed by atoms with van der Waals surface area (Å²) < 4.78 is 0. The molecule has 0 aromatic heterocycles. The van der Waals surface area contributed by atoms with Gasteiger partial charge in [0.25, 0.3) is 0 Å². The molecular formula is C50H40N2. The summed E-state index contributed by atoms with van der Waals surface area (Å²) in [5, 5.41) is 4.96. The van der Waals surface area contributed by atoms with Gasteiger partial charge >= 0.3 is 0 Å². The Morgan fingerprint density at radius 2 is 0.635 bits per heavy atom. The Kier molecular flexibility index (Phi) is 8.56. The number of fused-ring (bicyclic) bond motifs is 2. The molecule has 0 fully saturated rings. The first-order chi connectivity index (χ1) is 25.8. The smallest absolute Gasteiger partial charge is 0.0540 e. The van der Waals surface area contributed by atoms with Crippen LogP contribution in [0, 0.1) is 0 Å². The predicted molar refractivity (Wildman–Crippen MR) is 223 cm³/mol. The maximum absolute atomic E-state index is 2.38. The lowest BCUT2D eigenvalue weighted by Gasteiger charge is -2.28. The summed E-state index contributed by atoms with van der Waals surface area (Å²) in [7, 11) is 0. The van der Waals surface area contributed by atoms with E-state index in [4.69, 9.17) is 0 Å². The fourth-order valence-corrected chi connectivity index (χ4v) is 7.98.